The van der Waals surface area contributed by atoms with Crippen molar-refractivity contribution in [1.82, 2.24) is 10.0 Å². The second kappa shape index (κ2) is 5.23. The lowest BCUT2D eigenvalue weighted by atomic mass is 10.2. The van der Waals surface area contributed by atoms with E-state index in [0.29, 0.717) is 23.6 Å². The number of hydrogen-bond acceptors (Lipinski definition) is 5. The molecule has 0 aromatic heterocycles. The van der Waals surface area contributed by atoms with Crippen molar-refractivity contribution in [1.29, 1.82) is 0 Å². The Bertz CT molecular complexity index is 609. The quantitative estimate of drug-likeness (QED) is 0.858. The summed E-state index contributed by atoms with van der Waals surface area (Å²) in [6.07, 6.45) is 2.10. The van der Waals surface area contributed by atoms with Crippen LogP contribution in [0, 0.1) is 6.92 Å². The third-order valence-electron chi connectivity index (χ3n) is 3.64. The predicted molar refractivity (Wildman–Crippen MR) is 73.5 cm³/mol. The molecule has 0 spiro atoms. The van der Waals surface area contributed by atoms with Crippen molar-refractivity contribution in [3.05, 3.63) is 17.7 Å². The highest BCUT2D eigenvalue weighted by Crippen LogP contribution is 2.36. The van der Waals surface area contributed by atoms with E-state index < -0.39 is 10.0 Å². The summed E-state index contributed by atoms with van der Waals surface area (Å²) in [5.74, 6) is 1.08. The normalized spacial score (nSPS) is 21.4. The SMILES string of the molecule is Cc1cc2c(cc1S(=O)(=O)NCC1CCCN1)OCO2. The molecule has 0 bridgehead atoms. The fourth-order valence-corrected chi connectivity index (χ4v) is 3.85. The first-order chi connectivity index (χ1) is 9.56. The summed E-state index contributed by atoms with van der Waals surface area (Å²) < 4.78 is 37.9. The summed E-state index contributed by atoms with van der Waals surface area (Å²) >= 11 is 0. The molecule has 1 atom stereocenters. The summed E-state index contributed by atoms with van der Waals surface area (Å²) in [5, 5.41) is 3.27. The third-order valence-corrected chi connectivity index (χ3v) is 5.21. The zero-order chi connectivity index (χ0) is 14.2. The lowest BCUT2D eigenvalue weighted by molar-refractivity contribution is 0.174. The molecule has 1 aromatic carbocycles. The highest BCUT2D eigenvalue weighted by atomic mass is 32.2. The van der Waals surface area contributed by atoms with Gasteiger partial charge in [0.2, 0.25) is 16.8 Å². The van der Waals surface area contributed by atoms with Gasteiger partial charge in [-0.1, -0.05) is 0 Å². The van der Waals surface area contributed by atoms with E-state index in [0.717, 1.165) is 19.4 Å². The van der Waals surface area contributed by atoms with Gasteiger partial charge in [-0.05, 0) is 37.9 Å². The molecule has 1 aromatic rings. The van der Waals surface area contributed by atoms with Crippen LogP contribution in [0.15, 0.2) is 17.0 Å². The molecule has 1 unspecified atom stereocenters. The number of fused-ring (bicyclic) bond motifs is 1. The van der Waals surface area contributed by atoms with Crippen LogP contribution < -0.4 is 19.5 Å². The molecule has 0 aliphatic carbocycles. The lowest BCUT2D eigenvalue weighted by Gasteiger charge is -2.13. The molecule has 7 heteroatoms. The Labute approximate surface area is 118 Å². The van der Waals surface area contributed by atoms with E-state index in [9.17, 15) is 8.42 Å². The number of aryl methyl sites for hydroxylation is 1. The zero-order valence-electron chi connectivity index (χ0n) is 11.3. The minimum atomic E-state index is -3.53. The van der Waals surface area contributed by atoms with Gasteiger partial charge in [0.05, 0.1) is 4.90 Å². The average Bonchev–Trinajstić information content (AvgIpc) is 3.06. The molecule has 6 nitrogen and oxygen atoms in total. The third kappa shape index (κ3) is 2.61. The number of ether oxygens (including phenoxy) is 2. The van der Waals surface area contributed by atoms with Crippen molar-refractivity contribution in [2.75, 3.05) is 19.9 Å². The smallest absolute Gasteiger partial charge is 0.241 e. The Balaban J connectivity index is 1.79. The van der Waals surface area contributed by atoms with Crippen LogP contribution in [0.1, 0.15) is 18.4 Å². The Morgan fingerprint density at radius 1 is 1.35 bits per heavy atom. The zero-order valence-corrected chi connectivity index (χ0v) is 12.1. The highest BCUT2D eigenvalue weighted by molar-refractivity contribution is 7.89. The van der Waals surface area contributed by atoms with Crippen LogP contribution in [0.2, 0.25) is 0 Å². The van der Waals surface area contributed by atoms with Crippen LogP contribution in [0.3, 0.4) is 0 Å². The number of hydrogen-bond donors (Lipinski definition) is 2. The Kier molecular flexibility index (Phi) is 3.57. The van der Waals surface area contributed by atoms with E-state index in [4.69, 9.17) is 9.47 Å². The fourth-order valence-electron chi connectivity index (χ4n) is 2.53. The first-order valence-electron chi connectivity index (χ1n) is 6.69. The molecule has 20 heavy (non-hydrogen) atoms. The van der Waals surface area contributed by atoms with Gasteiger partial charge in [-0.2, -0.15) is 0 Å². The van der Waals surface area contributed by atoms with E-state index >= 15 is 0 Å². The predicted octanol–water partition coefficient (Wildman–Crippen LogP) is 0.754. The van der Waals surface area contributed by atoms with Crippen molar-refractivity contribution >= 4 is 10.0 Å². The maximum absolute atomic E-state index is 12.4. The minimum Gasteiger partial charge on any atom is -0.454 e. The van der Waals surface area contributed by atoms with Gasteiger partial charge in [0.25, 0.3) is 0 Å². The molecule has 0 radical (unpaired) electrons. The van der Waals surface area contributed by atoms with Crippen molar-refractivity contribution in [3.8, 4) is 11.5 Å². The lowest BCUT2D eigenvalue weighted by Crippen LogP contribution is -2.37. The van der Waals surface area contributed by atoms with Crippen molar-refractivity contribution < 1.29 is 17.9 Å². The second-order valence-electron chi connectivity index (χ2n) is 5.12. The number of benzene rings is 1. The molecular formula is C13H18N2O4S. The van der Waals surface area contributed by atoms with Crippen molar-refractivity contribution in [3.63, 3.8) is 0 Å². The van der Waals surface area contributed by atoms with Crippen LogP contribution in [-0.2, 0) is 10.0 Å². The molecule has 3 rings (SSSR count). The monoisotopic (exact) mass is 298 g/mol. The second-order valence-corrected chi connectivity index (χ2v) is 6.85. The summed E-state index contributed by atoms with van der Waals surface area (Å²) in [6, 6.07) is 3.45. The molecule has 1 saturated heterocycles. The van der Waals surface area contributed by atoms with Crippen molar-refractivity contribution in [2.45, 2.75) is 30.7 Å². The summed E-state index contributed by atoms with van der Waals surface area (Å²) in [5.41, 5.74) is 0.654. The van der Waals surface area contributed by atoms with Gasteiger partial charge in [-0.25, -0.2) is 13.1 Å². The topological polar surface area (TPSA) is 76.7 Å². The van der Waals surface area contributed by atoms with Crippen LogP contribution in [-0.4, -0.2) is 34.3 Å². The Morgan fingerprint density at radius 3 is 2.80 bits per heavy atom. The van der Waals surface area contributed by atoms with E-state index in [1.807, 2.05) is 0 Å². The van der Waals surface area contributed by atoms with Gasteiger partial charge >= 0.3 is 0 Å². The number of sulfonamides is 1. The molecular weight excluding hydrogens is 280 g/mol. The average molecular weight is 298 g/mol. The standard InChI is InChI=1S/C13H18N2O4S/c1-9-5-11-12(19-8-18-11)6-13(9)20(16,17)15-7-10-3-2-4-14-10/h5-6,10,14-15H,2-4,7-8H2,1H3. The first-order valence-corrected chi connectivity index (χ1v) is 8.18. The maximum Gasteiger partial charge on any atom is 0.241 e. The van der Waals surface area contributed by atoms with Gasteiger partial charge in [0.15, 0.2) is 11.5 Å². The maximum atomic E-state index is 12.4. The number of rotatable bonds is 4. The Hall–Kier alpha value is -1.31. The summed E-state index contributed by atoms with van der Waals surface area (Å²) in [4.78, 5) is 0.250. The van der Waals surface area contributed by atoms with Crippen LogP contribution in [0.5, 0.6) is 11.5 Å². The minimum absolute atomic E-state index is 0.137. The number of nitrogens with one attached hydrogen (secondary N) is 2. The van der Waals surface area contributed by atoms with Crippen LogP contribution in [0.25, 0.3) is 0 Å². The first kappa shape index (κ1) is 13.7. The molecule has 2 N–H and O–H groups in total. The van der Waals surface area contributed by atoms with Gasteiger partial charge in [-0.3, -0.25) is 0 Å². The molecule has 2 aliphatic rings. The van der Waals surface area contributed by atoms with Gasteiger partial charge in [0.1, 0.15) is 0 Å². The Morgan fingerprint density at radius 2 is 2.10 bits per heavy atom. The molecule has 0 saturated carbocycles. The molecule has 110 valence electrons. The molecule has 1 fully saturated rings. The van der Waals surface area contributed by atoms with E-state index in [1.54, 1.807) is 13.0 Å². The van der Waals surface area contributed by atoms with E-state index in [-0.39, 0.29) is 17.7 Å². The van der Waals surface area contributed by atoms with E-state index in [2.05, 4.69) is 10.0 Å². The van der Waals surface area contributed by atoms with Crippen LogP contribution in [0.4, 0.5) is 0 Å². The fraction of sp³-hybridized carbons (Fsp3) is 0.538. The molecule has 2 aliphatic heterocycles. The summed E-state index contributed by atoms with van der Waals surface area (Å²) in [6.45, 7) is 3.26. The largest absolute Gasteiger partial charge is 0.454 e. The van der Waals surface area contributed by atoms with E-state index in [1.165, 1.54) is 6.07 Å². The molecule has 2 heterocycles. The highest BCUT2D eigenvalue weighted by Gasteiger charge is 2.24. The van der Waals surface area contributed by atoms with Gasteiger partial charge < -0.3 is 14.8 Å². The van der Waals surface area contributed by atoms with Gasteiger partial charge in [0, 0.05) is 18.7 Å². The van der Waals surface area contributed by atoms with Crippen molar-refractivity contribution in [2.24, 2.45) is 0 Å². The van der Waals surface area contributed by atoms with Crippen LogP contribution >= 0.6 is 0 Å². The molecule has 0 amide bonds. The van der Waals surface area contributed by atoms with Gasteiger partial charge in [-0.15, -0.1) is 0 Å². The summed E-state index contributed by atoms with van der Waals surface area (Å²) in [7, 11) is -3.53.